The van der Waals surface area contributed by atoms with Crippen molar-refractivity contribution in [2.24, 2.45) is 11.8 Å². The lowest BCUT2D eigenvalue weighted by atomic mass is 10.2. The van der Waals surface area contributed by atoms with Gasteiger partial charge in [-0.1, -0.05) is 6.07 Å². The summed E-state index contributed by atoms with van der Waals surface area (Å²) in [6.07, 6.45) is 3.00. The minimum absolute atomic E-state index is 0.272. The highest BCUT2D eigenvalue weighted by atomic mass is 19.3. The molecule has 1 saturated carbocycles. The Hall–Kier alpha value is -2.55. The maximum atomic E-state index is 13.4. The number of esters is 1. The Bertz CT molecular complexity index is 856. The number of hydrogen-bond acceptors (Lipinski definition) is 6. The summed E-state index contributed by atoms with van der Waals surface area (Å²) in [4.78, 5) is 18.0. The molecule has 4 rings (SSSR count). The topological polar surface area (TPSA) is 80.5 Å². The largest absolute Gasteiger partial charge is 0.462 e. The van der Waals surface area contributed by atoms with E-state index in [1.54, 1.807) is 23.9 Å². The zero-order chi connectivity index (χ0) is 19.2. The standard InChI is InChI=1S/C18H20F2N4O3/c1-2-27-17(26)12-5-21-24(7-12)6-11-3-4-16(22-15(11)10-25)23-8-13-14(9-23)18(13,19)20/h3-5,7,13-14,25H,2,6,8-10H2,1H3. The van der Waals surface area contributed by atoms with E-state index in [1.165, 1.54) is 6.20 Å². The van der Waals surface area contributed by atoms with Crippen molar-refractivity contribution >= 4 is 11.8 Å². The fraction of sp³-hybridized carbons (Fsp3) is 0.500. The van der Waals surface area contributed by atoms with E-state index in [2.05, 4.69) is 10.1 Å². The van der Waals surface area contributed by atoms with Gasteiger partial charge in [0.05, 0.1) is 49.0 Å². The third-order valence-electron chi connectivity index (χ3n) is 5.20. The van der Waals surface area contributed by atoms with Gasteiger partial charge in [-0.15, -0.1) is 0 Å². The molecule has 0 bridgehead atoms. The molecule has 1 N–H and O–H groups in total. The first-order valence-electron chi connectivity index (χ1n) is 8.86. The SMILES string of the molecule is CCOC(=O)c1cnn(Cc2ccc(N3CC4C(C3)C4(F)F)nc2CO)c1. The number of pyridine rings is 1. The summed E-state index contributed by atoms with van der Waals surface area (Å²) in [5.41, 5.74) is 1.56. The van der Waals surface area contributed by atoms with Gasteiger partial charge in [0.15, 0.2) is 0 Å². The van der Waals surface area contributed by atoms with Crippen LogP contribution in [0.15, 0.2) is 24.5 Å². The number of fused-ring (bicyclic) bond motifs is 1. The van der Waals surface area contributed by atoms with Gasteiger partial charge in [0, 0.05) is 19.3 Å². The summed E-state index contributed by atoms with van der Waals surface area (Å²) in [7, 11) is 0. The van der Waals surface area contributed by atoms with Crippen molar-refractivity contribution in [1.82, 2.24) is 14.8 Å². The van der Waals surface area contributed by atoms with Gasteiger partial charge in [0.2, 0.25) is 0 Å². The van der Waals surface area contributed by atoms with Crippen molar-refractivity contribution in [2.75, 3.05) is 24.6 Å². The van der Waals surface area contributed by atoms with Gasteiger partial charge >= 0.3 is 5.97 Å². The number of carbonyl (C=O) groups is 1. The zero-order valence-corrected chi connectivity index (χ0v) is 14.8. The third-order valence-corrected chi connectivity index (χ3v) is 5.20. The molecular weight excluding hydrogens is 358 g/mol. The van der Waals surface area contributed by atoms with Gasteiger partial charge in [-0.25, -0.2) is 18.6 Å². The third kappa shape index (κ3) is 3.16. The number of carbonyl (C=O) groups excluding carboxylic acids is 1. The Kier molecular flexibility index (Phi) is 4.33. The van der Waals surface area contributed by atoms with E-state index in [-0.39, 0.29) is 26.3 Å². The van der Waals surface area contributed by atoms with Crippen LogP contribution in [-0.4, -0.2) is 51.5 Å². The fourth-order valence-electron chi connectivity index (χ4n) is 3.62. The minimum Gasteiger partial charge on any atom is -0.462 e. The summed E-state index contributed by atoms with van der Waals surface area (Å²) < 4.78 is 33.2. The van der Waals surface area contributed by atoms with Crippen molar-refractivity contribution in [3.8, 4) is 0 Å². The number of aliphatic hydroxyl groups excluding tert-OH is 1. The Morgan fingerprint density at radius 2 is 2.11 bits per heavy atom. The number of nitrogens with zero attached hydrogens (tertiary/aromatic N) is 4. The van der Waals surface area contributed by atoms with Crippen molar-refractivity contribution in [2.45, 2.75) is 26.0 Å². The quantitative estimate of drug-likeness (QED) is 0.771. The van der Waals surface area contributed by atoms with Crippen LogP contribution in [0.4, 0.5) is 14.6 Å². The molecule has 2 aromatic heterocycles. The van der Waals surface area contributed by atoms with Crippen LogP contribution in [0.3, 0.4) is 0 Å². The Labute approximate surface area is 154 Å². The molecule has 0 amide bonds. The molecule has 0 spiro atoms. The van der Waals surface area contributed by atoms with E-state index in [0.29, 0.717) is 23.6 Å². The molecule has 9 heteroatoms. The zero-order valence-electron chi connectivity index (χ0n) is 14.8. The number of aliphatic hydroxyl groups is 1. The molecule has 2 unspecified atom stereocenters. The van der Waals surface area contributed by atoms with Gasteiger partial charge in [-0.3, -0.25) is 4.68 Å². The molecule has 1 aliphatic heterocycles. The van der Waals surface area contributed by atoms with Gasteiger partial charge in [0.1, 0.15) is 5.82 Å². The predicted octanol–water partition coefficient (Wildman–Crippen LogP) is 1.70. The average molecular weight is 378 g/mol. The molecule has 7 nitrogen and oxygen atoms in total. The summed E-state index contributed by atoms with van der Waals surface area (Å²) in [6, 6.07) is 3.58. The van der Waals surface area contributed by atoms with Gasteiger partial charge < -0.3 is 14.7 Å². The predicted molar refractivity (Wildman–Crippen MR) is 91.6 cm³/mol. The number of ether oxygens (including phenoxy) is 1. The molecule has 1 saturated heterocycles. The number of aromatic nitrogens is 3. The normalized spacial score (nSPS) is 22.6. The Morgan fingerprint density at radius 1 is 1.37 bits per heavy atom. The minimum atomic E-state index is -2.53. The molecule has 0 aromatic carbocycles. The molecule has 1 aliphatic carbocycles. The van der Waals surface area contributed by atoms with Crippen molar-refractivity contribution < 1.29 is 23.4 Å². The van der Waals surface area contributed by atoms with E-state index in [9.17, 15) is 18.7 Å². The van der Waals surface area contributed by atoms with Gasteiger partial charge in [0.25, 0.3) is 5.92 Å². The van der Waals surface area contributed by atoms with E-state index in [1.807, 2.05) is 11.0 Å². The number of hydrogen-bond donors (Lipinski definition) is 1. The highest BCUT2D eigenvalue weighted by Crippen LogP contribution is 2.59. The van der Waals surface area contributed by atoms with Crippen LogP contribution in [0, 0.1) is 11.8 Å². The lowest BCUT2D eigenvalue weighted by Crippen LogP contribution is -2.28. The van der Waals surface area contributed by atoms with Crippen LogP contribution >= 0.6 is 0 Å². The molecule has 2 aromatic rings. The van der Waals surface area contributed by atoms with Crippen LogP contribution < -0.4 is 4.90 Å². The van der Waals surface area contributed by atoms with E-state index < -0.39 is 23.7 Å². The summed E-state index contributed by atoms with van der Waals surface area (Å²) in [5, 5.41) is 13.8. The number of rotatable bonds is 6. The first kappa shape index (κ1) is 17.8. The first-order valence-corrected chi connectivity index (χ1v) is 8.86. The highest BCUT2D eigenvalue weighted by molar-refractivity contribution is 5.88. The molecular formula is C18H20F2N4O3. The second-order valence-corrected chi connectivity index (χ2v) is 6.87. The van der Waals surface area contributed by atoms with Crippen LogP contribution in [0.1, 0.15) is 28.5 Å². The maximum absolute atomic E-state index is 13.4. The van der Waals surface area contributed by atoms with Gasteiger partial charge in [-0.05, 0) is 18.6 Å². The lowest BCUT2D eigenvalue weighted by Gasteiger charge is -2.22. The van der Waals surface area contributed by atoms with Crippen LogP contribution in [0.5, 0.6) is 0 Å². The number of halogens is 2. The van der Waals surface area contributed by atoms with Crippen molar-refractivity contribution in [3.63, 3.8) is 0 Å². The Morgan fingerprint density at radius 3 is 2.78 bits per heavy atom. The monoisotopic (exact) mass is 378 g/mol. The lowest BCUT2D eigenvalue weighted by molar-refractivity contribution is 0.0526. The van der Waals surface area contributed by atoms with E-state index in [4.69, 9.17) is 4.74 Å². The molecule has 2 aliphatic rings. The maximum Gasteiger partial charge on any atom is 0.341 e. The first-order chi connectivity index (χ1) is 12.9. The number of anilines is 1. The molecule has 2 atom stereocenters. The van der Waals surface area contributed by atoms with Gasteiger partial charge in [-0.2, -0.15) is 5.10 Å². The molecule has 3 heterocycles. The van der Waals surface area contributed by atoms with E-state index in [0.717, 1.165) is 5.56 Å². The summed E-state index contributed by atoms with van der Waals surface area (Å²) >= 11 is 0. The summed E-state index contributed by atoms with van der Waals surface area (Å²) in [5.74, 6) is -3.54. The number of piperidine rings is 1. The van der Waals surface area contributed by atoms with Crippen molar-refractivity contribution in [3.05, 3.63) is 41.3 Å². The average Bonchev–Trinajstić information content (AvgIpc) is 3.11. The van der Waals surface area contributed by atoms with E-state index >= 15 is 0 Å². The second kappa shape index (κ2) is 6.56. The number of alkyl halides is 2. The smallest absolute Gasteiger partial charge is 0.341 e. The van der Waals surface area contributed by atoms with Crippen LogP contribution in [0.25, 0.3) is 0 Å². The highest BCUT2D eigenvalue weighted by Gasteiger charge is 2.71. The van der Waals surface area contributed by atoms with Crippen LogP contribution in [-0.2, 0) is 17.9 Å². The Balaban J connectivity index is 1.47. The molecule has 144 valence electrons. The molecule has 27 heavy (non-hydrogen) atoms. The summed E-state index contributed by atoms with van der Waals surface area (Å²) in [6.45, 7) is 2.65. The fourth-order valence-corrected chi connectivity index (χ4v) is 3.62. The second-order valence-electron chi connectivity index (χ2n) is 6.87. The molecule has 0 radical (unpaired) electrons. The molecule has 2 fully saturated rings. The van der Waals surface area contributed by atoms with Crippen molar-refractivity contribution in [1.29, 1.82) is 0 Å². The van der Waals surface area contributed by atoms with Crippen LogP contribution in [0.2, 0.25) is 0 Å².